The van der Waals surface area contributed by atoms with Gasteiger partial charge < -0.3 is 10.6 Å². The molecule has 0 aliphatic heterocycles. The predicted octanol–water partition coefficient (Wildman–Crippen LogP) is 3.76. The Balaban J connectivity index is 2.29. The molecule has 1 aromatic carbocycles. The van der Waals surface area contributed by atoms with Gasteiger partial charge in [0.2, 0.25) is 0 Å². The van der Waals surface area contributed by atoms with Gasteiger partial charge in [0.15, 0.2) is 0 Å². The number of aryl methyl sites for hydroxylation is 1. The molecule has 1 saturated carbocycles. The molecule has 1 aliphatic rings. The number of benzene rings is 1. The number of hydrogen-bond acceptors (Lipinski definition) is 2. The molecule has 0 saturated heterocycles. The SMILES string of the molecule is CCc1cccc(C(N)C2(N(C)C)CCC(C)CC2)c1. The van der Waals surface area contributed by atoms with Crippen LogP contribution in [0, 0.1) is 5.92 Å². The van der Waals surface area contributed by atoms with E-state index in [-0.39, 0.29) is 11.6 Å². The fourth-order valence-corrected chi connectivity index (χ4v) is 3.62. The molecule has 0 heterocycles. The van der Waals surface area contributed by atoms with E-state index in [9.17, 15) is 0 Å². The van der Waals surface area contributed by atoms with Gasteiger partial charge in [-0.05, 0) is 63.2 Å². The molecule has 0 aromatic heterocycles. The molecular formula is C18H30N2. The fraction of sp³-hybridized carbons (Fsp3) is 0.667. The van der Waals surface area contributed by atoms with Crippen LogP contribution < -0.4 is 5.73 Å². The zero-order valence-corrected chi connectivity index (χ0v) is 13.5. The van der Waals surface area contributed by atoms with Crippen molar-refractivity contribution < 1.29 is 0 Å². The Hall–Kier alpha value is -0.860. The van der Waals surface area contributed by atoms with Gasteiger partial charge >= 0.3 is 0 Å². The maximum absolute atomic E-state index is 6.73. The lowest BCUT2D eigenvalue weighted by Gasteiger charge is -2.48. The number of nitrogens with two attached hydrogens (primary N) is 1. The Morgan fingerprint density at radius 3 is 2.50 bits per heavy atom. The summed E-state index contributed by atoms with van der Waals surface area (Å²) in [7, 11) is 4.39. The normalized spacial score (nSPS) is 28.6. The first-order valence-corrected chi connectivity index (χ1v) is 8.01. The Bertz CT molecular complexity index is 431. The van der Waals surface area contributed by atoms with E-state index in [2.05, 4.69) is 57.1 Å². The van der Waals surface area contributed by atoms with Crippen LogP contribution in [0.25, 0.3) is 0 Å². The summed E-state index contributed by atoms with van der Waals surface area (Å²) in [6, 6.07) is 8.96. The van der Waals surface area contributed by atoms with Crippen molar-refractivity contribution in [1.29, 1.82) is 0 Å². The molecule has 1 aliphatic carbocycles. The second kappa shape index (κ2) is 6.28. The highest BCUT2D eigenvalue weighted by atomic mass is 15.2. The third-order valence-electron chi connectivity index (χ3n) is 5.33. The minimum atomic E-state index is 0.108. The Morgan fingerprint density at radius 1 is 1.30 bits per heavy atom. The van der Waals surface area contributed by atoms with Gasteiger partial charge in [0.25, 0.3) is 0 Å². The van der Waals surface area contributed by atoms with Crippen LogP contribution >= 0.6 is 0 Å². The van der Waals surface area contributed by atoms with Crippen molar-refractivity contribution in [3.8, 4) is 0 Å². The van der Waals surface area contributed by atoms with E-state index in [4.69, 9.17) is 5.73 Å². The summed E-state index contributed by atoms with van der Waals surface area (Å²) in [5.74, 6) is 0.845. The van der Waals surface area contributed by atoms with E-state index in [0.29, 0.717) is 0 Å². The predicted molar refractivity (Wildman–Crippen MR) is 86.8 cm³/mol. The van der Waals surface area contributed by atoms with Crippen molar-refractivity contribution in [1.82, 2.24) is 4.90 Å². The summed E-state index contributed by atoms with van der Waals surface area (Å²) in [5.41, 5.74) is 9.54. The molecule has 0 radical (unpaired) electrons. The minimum Gasteiger partial charge on any atom is -0.322 e. The summed E-state index contributed by atoms with van der Waals surface area (Å²) in [6.45, 7) is 4.57. The van der Waals surface area contributed by atoms with Crippen molar-refractivity contribution in [2.24, 2.45) is 11.7 Å². The van der Waals surface area contributed by atoms with Crippen LogP contribution in [0.15, 0.2) is 24.3 Å². The average molecular weight is 274 g/mol. The van der Waals surface area contributed by atoms with E-state index >= 15 is 0 Å². The first-order valence-electron chi connectivity index (χ1n) is 8.01. The smallest absolute Gasteiger partial charge is 0.0482 e. The third kappa shape index (κ3) is 2.91. The standard InChI is InChI=1S/C18H30N2/c1-5-15-7-6-8-16(13-15)17(19)18(20(3)4)11-9-14(2)10-12-18/h6-8,13-14,17H,5,9-12,19H2,1-4H3. The lowest BCUT2D eigenvalue weighted by atomic mass is 9.70. The molecule has 0 bridgehead atoms. The van der Waals surface area contributed by atoms with Gasteiger partial charge in [0.1, 0.15) is 0 Å². The van der Waals surface area contributed by atoms with Gasteiger partial charge in [-0.25, -0.2) is 0 Å². The summed E-state index contributed by atoms with van der Waals surface area (Å²) >= 11 is 0. The van der Waals surface area contributed by atoms with Gasteiger partial charge in [0, 0.05) is 11.6 Å². The average Bonchev–Trinajstić information content (AvgIpc) is 2.47. The number of rotatable bonds is 4. The number of hydrogen-bond donors (Lipinski definition) is 1. The highest BCUT2D eigenvalue weighted by Gasteiger charge is 2.41. The van der Waals surface area contributed by atoms with Crippen LogP contribution in [0.3, 0.4) is 0 Å². The molecule has 2 nitrogen and oxygen atoms in total. The van der Waals surface area contributed by atoms with Gasteiger partial charge in [-0.1, -0.05) is 38.1 Å². The zero-order valence-electron chi connectivity index (χ0n) is 13.5. The fourth-order valence-electron chi connectivity index (χ4n) is 3.62. The van der Waals surface area contributed by atoms with E-state index in [0.717, 1.165) is 12.3 Å². The van der Waals surface area contributed by atoms with Crippen molar-refractivity contribution in [2.75, 3.05) is 14.1 Å². The molecule has 1 atom stereocenters. The maximum atomic E-state index is 6.73. The summed E-state index contributed by atoms with van der Waals surface area (Å²) in [4.78, 5) is 2.38. The van der Waals surface area contributed by atoms with E-state index in [1.54, 1.807) is 0 Å². The molecule has 20 heavy (non-hydrogen) atoms. The number of nitrogens with zero attached hydrogens (tertiary/aromatic N) is 1. The maximum Gasteiger partial charge on any atom is 0.0482 e. The molecule has 112 valence electrons. The molecule has 0 spiro atoms. The van der Waals surface area contributed by atoms with E-state index in [1.807, 2.05) is 0 Å². The molecule has 1 unspecified atom stereocenters. The van der Waals surface area contributed by atoms with Crippen LogP contribution in [0.2, 0.25) is 0 Å². The second-order valence-electron chi connectivity index (χ2n) is 6.76. The molecule has 1 aromatic rings. The minimum absolute atomic E-state index is 0.108. The molecule has 2 N–H and O–H groups in total. The second-order valence-corrected chi connectivity index (χ2v) is 6.76. The quantitative estimate of drug-likeness (QED) is 0.906. The van der Waals surface area contributed by atoms with Crippen molar-refractivity contribution in [2.45, 2.75) is 57.5 Å². The molecule has 1 fully saturated rings. The first kappa shape index (κ1) is 15.5. The topological polar surface area (TPSA) is 29.3 Å². The highest BCUT2D eigenvalue weighted by Crippen LogP contribution is 2.42. The summed E-state index contributed by atoms with van der Waals surface area (Å²) in [5, 5.41) is 0. The van der Waals surface area contributed by atoms with Crippen LogP contribution in [-0.2, 0) is 6.42 Å². The van der Waals surface area contributed by atoms with E-state index in [1.165, 1.54) is 36.8 Å². The van der Waals surface area contributed by atoms with Gasteiger partial charge in [-0.2, -0.15) is 0 Å². The van der Waals surface area contributed by atoms with E-state index < -0.39 is 0 Å². The summed E-state index contributed by atoms with van der Waals surface area (Å²) in [6.07, 6.45) is 6.07. The van der Waals surface area contributed by atoms with Crippen LogP contribution in [0.1, 0.15) is 56.7 Å². The van der Waals surface area contributed by atoms with Crippen molar-refractivity contribution >= 4 is 0 Å². The lowest BCUT2D eigenvalue weighted by Crippen LogP contribution is -2.54. The Kier molecular flexibility index (Phi) is 4.87. The van der Waals surface area contributed by atoms with Crippen molar-refractivity contribution in [3.05, 3.63) is 35.4 Å². The van der Waals surface area contributed by atoms with Gasteiger partial charge in [-0.15, -0.1) is 0 Å². The van der Waals surface area contributed by atoms with Gasteiger partial charge in [0.05, 0.1) is 0 Å². The molecule has 2 heteroatoms. The Morgan fingerprint density at radius 2 is 1.95 bits per heavy atom. The largest absolute Gasteiger partial charge is 0.322 e. The molecular weight excluding hydrogens is 244 g/mol. The molecule has 2 rings (SSSR count). The molecule has 0 amide bonds. The van der Waals surface area contributed by atoms with Crippen LogP contribution in [-0.4, -0.2) is 24.5 Å². The summed E-state index contributed by atoms with van der Waals surface area (Å²) < 4.78 is 0. The highest BCUT2D eigenvalue weighted by molar-refractivity contribution is 5.29. The zero-order chi connectivity index (χ0) is 14.8. The monoisotopic (exact) mass is 274 g/mol. The number of likely N-dealkylation sites (N-methyl/N-ethyl adjacent to an activating group) is 1. The third-order valence-corrected chi connectivity index (χ3v) is 5.33. The lowest BCUT2D eigenvalue weighted by molar-refractivity contribution is 0.0564. The Labute approximate surface area is 124 Å². The van der Waals surface area contributed by atoms with Crippen LogP contribution in [0.5, 0.6) is 0 Å². The van der Waals surface area contributed by atoms with Crippen molar-refractivity contribution in [3.63, 3.8) is 0 Å². The van der Waals surface area contributed by atoms with Crippen LogP contribution in [0.4, 0.5) is 0 Å². The van der Waals surface area contributed by atoms with Gasteiger partial charge in [-0.3, -0.25) is 0 Å². The first-order chi connectivity index (χ1) is 9.49.